The van der Waals surface area contributed by atoms with Crippen LogP contribution in [0.25, 0.3) is 5.78 Å². The first-order valence-electron chi connectivity index (χ1n) is 7.26. The summed E-state index contributed by atoms with van der Waals surface area (Å²) in [6, 6.07) is 5.85. The third kappa shape index (κ3) is 3.34. The normalized spacial score (nSPS) is 11.0. The lowest BCUT2D eigenvalue weighted by atomic mass is 10.2. The molecule has 3 aromatic rings. The molecule has 0 aliphatic rings. The zero-order chi connectivity index (χ0) is 17.3. The summed E-state index contributed by atoms with van der Waals surface area (Å²) < 4.78 is 13.4. The van der Waals surface area contributed by atoms with Crippen molar-refractivity contribution in [1.82, 2.24) is 19.6 Å². The zero-order valence-corrected chi connectivity index (χ0v) is 16.2. The average molecular weight is 409 g/mol. The molecule has 0 saturated heterocycles. The Morgan fingerprint density at radius 1 is 1.08 bits per heavy atom. The first-order chi connectivity index (χ1) is 11.5. The van der Waals surface area contributed by atoms with E-state index in [-0.39, 0.29) is 0 Å². The summed E-state index contributed by atoms with van der Waals surface area (Å²) in [5.41, 5.74) is 3.04. The molecule has 3 rings (SSSR count). The van der Waals surface area contributed by atoms with Gasteiger partial charge < -0.3 is 9.47 Å². The van der Waals surface area contributed by atoms with Crippen LogP contribution in [-0.4, -0.2) is 33.8 Å². The highest BCUT2D eigenvalue weighted by Gasteiger charge is 2.12. The molecule has 0 fully saturated rings. The average Bonchev–Trinajstić information content (AvgIpc) is 2.96. The van der Waals surface area contributed by atoms with Gasteiger partial charge in [0.25, 0.3) is 5.78 Å². The molecule has 0 atom stereocenters. The van der Waals surface area contributed by atoms with Gasteiger partial charge in [-0.2, -0.15) is 4.98 Å². The number of ether oxygens (including phenoxy) is 2. The summed E-state index contributed by atoms with van der Waals surface area (Å²) in [5.74, 6) is 2.73. The number of aromatic nitrogens is 4. The Kier molecular flexibility index (Phi) is 4.96. The standard InChI is InChI=1S/C16H17BrN4O2S/c1-9-5-10(2)21-15(18-9)19-16(20-21)24-8-11-6-13(22-3)14(23-4)7-12(11)17/h5-7H,8H2,1-4H3. The number of nitrogens with zero attached hydrogens (tertiary/aromatic N) is 4. The highest BCUT2D eigenvalue weighted by atomic mass is 79.9. The van der Waals surface area contributed by atoms with Crippen molar-refractivity contribution in [3.63, 3.8) is 0 Å². The van der Waals surface area contributed by atoms with Crippen molar-refractivity contribution in [2.75, 3.05) is 14.2 Å². The van der Waals surface area contributed by atoms with E-state index in [9.17, 15) is 0 Å². The van der Waals surface area contributed by atoms with Gasteiger partial charge in [0.05, 0.1) is 14.2 Å². The van der Waals surface area contributed by atoms with Crippen LogP contribution in [0.5, 0.6) is 11.5 Å². The van der Waals surface area contributed by atoms with Crippen LogP contribution in [0.4, 0.5) is 0 Å². The van der Waals surface area contributed by atoms with Gasteiger partial charge in [0, 0.05) is 21.6 Å². The van der Waals surface area contributed by atoms with E-state index in [0.29, 0.717) is 28.2 Å². The molecular weight excluding hydrogens is 392 g/mol. The maximum atomic E-state index is 5.36. The highest BCUT2D eigenvalue weighted by molar-refractivity contribution is 9.10. The molecule has 2 heterocycles. The third-order valence-electron chi connectivity index (χ3n) is 3.51. The van der Waals surface area contributed by atoms with Gasteiger partial charge in [-0.25, -0.2) is 9.50 Å². The molecule has 1 aromatic carbocycles. The molecule has 2 aromatic heterocycles. The van der Waals surface area contributed by atoms with Crippen LogP contribution in [-0.2, 0) is 5.75 Å². The van der Waals surface area contributed by atoms with Gasteiger partial charge in [0.15, 0.2) is 11.5 Å². The Labute approximate surface area is 152 Å². The summed E-state index contributed by atoms with van der Waals surface area (Å²) >= 11 is 5.12. The van der Waals surface area contributed by atoms with Crippen molar-refractivity contribution in [3.8, 4) is 11.5 Å². The van der Waals surface area contributed by atoms with Crippen LogP contribution in [0, 0.1) is 13.8 Å². The maximum Gasteiger partial charge on any atom is 0.253 e. The van der Waals surface area contributed by atoms with Gasteiger partial charge in [0.2, 0.25) is 5.16 Å². The summed E-state index contributed by atoms with van der Waals surface area (Å²) in [6.45, 7) is 3.95. The van der Waals surface area contributed by atoms with Gasteiger partial charge in [0.1, 0.15) is 0 Å². The molecule has 0 unspecified atom stereocenters. The number of hydrogen-bond acceptors (Lipinski definition) is 6. The monoisotopic (exact) mass is 408 g/mol. The van der Waals surface area contributed by atoms with Crippen molar-refractivity contribution in [2.45, 2.75) is 24.8 Å². The Morgan fingerprint density at radius 3 is 2.50 bits per heavy atom. The molecule has 0 bridgehead atoms. The second kappa shape index (κ2) is 6.98. The second-order valence-electron chi connectivity index (χ2n) is 5.23. The van der Waals surface area contributed by atoms with Crippen molar-refractivity contribution in [3.05, 3.63) is 39.6 Å². The van der Waals surface area contributed by atoms with Crippen LogP contribution in [0.3, 0.4) is 0 Å². The fourth-order valence-electron chi connectivity index (χ4n) is 2.36. The van der Waals surface area contributed by atoms with Crippen molar-refractivity contribution in [1.29, 1.82) is 0 Å². The molecule has 126 valence electrons. The fourth-order valence-corrected chi connectivity index (χ4v) is 3.82. The molecule has 0 N–H and O–H groups in total. The Bertz CT molecular complexity index is 897. The van der Waals surface area contributed by atoms with Gasteiger partial charge in [-0.05, 0) is 37.6 Å². The second-order valence-corrected chi connectivity index (χ2v) is 7.03. The molecule has 24 heavy (non-hydrogen) atoms. The smallest absolute Gasteiger partial charge is 0.253 e. The predicted octanol–water partition coefficient (Wildman–Crippen LogP) is 3.81. The van der Waals surface area contributed by atoms with Crippen molar-refractivity contribution < 1.29 is 9.47 Å². The number of fused-ring (bicyclic) bond motifs is 1. The lowest BCUT2D eigenvalue weighted by Crippen LogP contribution is -1.97. The fraction of sp³-hybridized carbons (Fsp3) is 0.312. The van der Waals surface area contributed by atoms with Crippen molar-refractivity contribution in [2.24, 2.45) is 0 Å². The van der Waals surface area contributed by atoms with Crippen LogP contribution < -0.4 is 9.47 Å². The number of rotatable bonds is 5. The molecule has 0 amide bonds. The van der Waals surface area contributed by atoms with E-state index < -0.39 is 0 Å². The van der Waals surface area contributed by atoms with E-state index in [2.05, 4.69) is 31.0 Å². The number of thioether (sulfide) groups is 1. The molecule has 0 aliphatic carbocycles. The van der Waals surface area contributed by atoms with Crippen LogP contribution in [0.15, 0.2) is 27.8 Å². The van der Waals surface area contributed by atoms with Crippen molar-refractivity contribution >= 4 is 33.5 Å². The number of halogens is 1. The van der Waals surface area contributed by atoms with E-state index >= 15 is 0 Å². The lowest BCUT2D eigenvalue weighted by molar-refractivity contribution is 0.354. The quantitative estimate of drug-likeness (QED) is 0.598. The highest BCUT2D eigenvalue weighted by Crippen LogP contribution is 2.35. The molecular formula is C16H17BrN4O2S. The Morgan fingerprint density at radius 2 is 1.79 bits per heavy atom. The van der Waals surface area contributed by atoms with E-state index in [1.165, 1.54) is 0 Å². The molecule has 6 nitrogen and oxygen atoms in total. The topological polar surface area (TPSA) is 61.5 Å². The van der Waals surface area contributed by atoms with Gasteiger partial charge in [-0.15, -0.1) is 5.10 Å². The molecule has 0 spiro atoms. The SMILES string of the molecule is COc1cc(Br)c(CSc2nc3nc(C)cc(C)n3n2)cc1OC. The number of hydrogen-bond donors (Lipinski definition) is 0. The van der Waals surface area contributed by atoms with Crippen LogP contribution in [0.2, 0.25) is 0 Å². The summed E-state index contributed by atoms with van der Waals surface area (Å²) in [7, 11) is 3.25. The van der Waals surface area contributed by atoms with Gasteiger partial charge in [-0.3, -0.25) is 0 Å². The van der Waals surface area contributed by atoms with E-state index in [1.807, 2.05) is 32.0 Å². The minimum absolute atomic E-state index is 0.626. The first kappa shape index (κ1) is 17.0. The third-order valence-corrected chi connectivity index (χ3v) is 5.13. The maximum absolute atomic E-state index is 5.36. The minimum atomic E-state index is 0.626. The molecule has 0 aliphatic heterocycles. The minimum Gasteiger partial charge on any atom is -0.493 e. The van der Waals surface area contributed by atoms with E-state index in [4.69, 9.17) is 9.47 Å². The Hall–Kier alpha value is -1.80. The zero-order valence-electron chi connectivity index (χ0n) is 13.8. The molecule has 8 heteroatoms. The molecule has 0 radical (unpaired) electrons. The molecule has 0 saturated carbocycles. The predicted molar refractivity (Wildman–Crippen MR) is 97.1 cm³/mol. The van der Waals surface area contributed by atoms with E-state index in [0.717, 1.165) is 21.4 Å². The summed E-state index contributed by atoms with van der Waals surface area (Å²) in [6.07, 6.45) is 0. The number of benzene rings is 1. The summed E-state index contributed by atoms with van der Waals surface area (Å²) in [5, 5.41) is 5.20. The number of methoxy groups -OCH3 is 2. The van der Waals surface area contributed by atoms with Crippen LogP contribution in [0.1, 0.15) is 17.0 Å². The van der Waals surface area contributed by atoms with Gasteiger partial charge in [-0.1, -0.05) is 27.7 Å². The largest absolute Gasteiger partial charge is 0.493 e. The number of aryl methyl sites for hydroxylation is 2. The van der Waals surface area contributed by atoms with E-state index in [1.54, 1.807) is 30.5 Å². The lowest BCUT2D eigenvalue weighted by Gasteiger charge is -2.11. The van der Waals surface area contributed by atoms with Crippen LogP contribution >= 0.6 is 27.7 Å². The first-order valence-corrected chi connectivity index (χ1v) is 9.04. The Balaban J connectivity index is 1.84. The van der Waals surface area contributed by atoms with Gasteiger partial charge >= 0.3 is 0 Å². The summed E-state index contributed by atoms with van der Waals surface area (Å²) in [4.78, 5) is 8.90.